The Kier molecular flexibility index (Phi) is 17.6. The summed E-state index contributed by atoms with van der Waals surface area (Å²) < 4.78 is 35.9. The smallest absolute Gasteiger partial charge is 0.184 e. The number of aliphatic hydroxyl groups is 3. The predicted molar refractivity (Wildman–Crippen MR) is 203 cm³/mol. The number of allylic oxidation sites excluding steroid dienone is 2. The molecule has 5 N–H and O–H groups in total. The zero-order chi connectivity index (χ0) is 39.0. The first-order chi connectivity index (χ1) is 25.3. The van der Waals surface area contributed by atoms with Gasteiger partial charge in [0.15, 0.2) is 24.7 Å². The number of ether oxygens (including phenoxy) is 6. The number of rotatable bonds is 17. The molecule has 3 fully saturated rings. The minimum absolute atomic E-state index is 0.00303. The maximum absolute atomic E-state index is 14.6. The lowest BCUT2D eigenvalue weighted by molar-refractivity contribution is -0.234. The first-order valence-electron chi connectivity index (χ1n) is 20.6. The maximum atomic E-state index is 14.6. The monoisotopic (exact) mass is 755 g/mol. The molecule has 12 nitrogen and oxygen atoms in total. The van der Waals surface area contributed by atoms with Gasteiger partial charge in [0.25, 0.3) is 0 Å². The average molecular weight is 755 g/mol. The minimum Gasteiger partial charge on any atom is -0.379 e. The van der Waals surface area contributed by atoms with Crippen LogP contribution < -0.4 is 5.73 Å². The highest BCUT2D eigenvalue weighted by atomic mass is 16.6. The van der Waals surface area contributed by atoms with Crippen LogP contribution in [0, 0.1) is 35.5 Å². The zero-order valence-electron chi connectivity index (χ0n) is 34.1. The molecule has 53 heavy (non-hydrogen) atoms. The van der Waals surface area contributed by atoms with Crippen molar-refractivity contribution in [3.8, 4) is 0 Å². The molecular weight excluding hydrogens is 680 g/mol. The summed E-state index contributed by atoms with van der Waals surface area (Å²) in [6.45, 7) is 8.14. The Balaban J connectivity index is 1.56. The van der Waals surface area contributed by atoms with Crippen molar-refractivity contribution in [2.75, 3.05) is 35.4 Å². The van der Waals surface area contributed by atoms with Crippen molar-refractivity contribution in [3.63, 3.8) is 0 Å². The Labute approximate surface area is 319 Å². The highest BCUT2D eigenvalue weighted by Crippen LogP contribution is 2.56. The van der Waals surface area contributed by atoms with Crippen molar-refractivity contribution in [1.82, 2.24) is 4.90 Å². The Morgan fingerprint density at radius 2 is 1.66 bits per heavy atom. The van der Waals surface area contributed by atoms with Crippen LogP contribution in [0.5, 0.6) is 0 Å². The van der Waals surface area contributed by atoms with Crippen LogP contribution in [0.15, 0.2) is 11.6 Å². The lowest BCUT2D eigenvalue weighted by Gasteiger charge is -2.43. The third-order valence-corrected chi connectivity index (χ3v) is 13.3. The van der Waals surface area contributed by atoms with E-state index in [1.807, 2.05) is 13.8 Å². The number of ketones is 1. The predicted octanol–water partition coefficient (Wildman–Crippen LogP) is 4.41. The van der Waals surface area contributed by atoms with E-state index in [0.29, 0.717) is 43.7 Å². The number of carbonyl (C=O) groups excluding carboxylic acids is 1. The number of nitrogens with zero attached hydrogens (tertiary/aromatic N) is 1. The van der Waals surface area contributed by atoms with Crippen molar-refractivity contribution in [2.45, 2.75) is 172 Å². The summed E-state index contributed by atoms with van der Waals surface area (Å²) in [6.07, 6.45) is 4.99. The number of nitrogens with two attached hydrogens (primary N) is 1. The molecule has 17 atom stereocenters. The zero-order valence-corrected chi connectivity index (χ0v) is 34.1. The minimum atomic E-state index is -1.22. The molecule has 0 aromatic rings. The number of hydrogen-bond acceptors (Lipinski definition) is 12. The van der Waals surface area contributed by atoms with Gasteiger partial charge >= 0.3 is 0 Å². The summed E-state index contributed by atoms with van der Waals surface area (Å²) in [7, 11) is 8.85. The van der Waals surface area contributed by atoms with E-state index in [1.165, 1.54) is 7.11 Å². The quantitative estimate of drug-likeness (QED) is 0.155. The van der Waals surface area contributed by atoms with E-state index < -0.39 is 43.1 Å². The van der Waals surface area contributed by atoms with Crippen molar-refractivity contribution in [3.05, 3.63) is 11.6 Å². The molecule has 308 valence electrons. The molecule has 3 aliphatic carbocycles. The lowest BCUT2D eigenvalue weighted by atomic mass is 9.64. The summed E-state index contributed by atoms with van der Waals surface area (Å²) >= 11 is 0. The van der Waals surface area contributed by atoms with Crippen molar-refractivity contribution < 1.29 is 48.5 Å². The Morgan fingerprint density at radius 1 is 0.943 bits per heavy atom. The van der Waals surface area contributed by atoms with E-state index in [0.717, 1.165) is 44.9 Å². The summed E-state index contributed by atoms with van der Waals surface area (Å²) in [5.74, 6) is -0.283. The summed E-state index contributed by atoms with van der Waals surface area (Å²) in [6, 6.07) is 0.164. The molecule has 0 spiro atoms. The molecule has 1 heterocycles. The molecule has 4 aliphatic rings. The van der Waals surface area contributed by atoms with Crippen LogP contribution in [0.4, 0.5) is 0 Å². The van der Waals surface area contributed by atoms with Gasteiger partial charge in [-0.05, 0) is 120 Å². The normalized spacial score (nSPS) is 37.4. The Bertz CT molecular complexity index is 1140. The van der Waals surface area contributed by atoms with Crippen molar-refractivity contribution in [2.24, 2.45) is 41.2 Å². The number of hydrogen-bond donors (Lipinski definition) is 4. The van der Waals surface area contributed by atoms with Crippen LogP contribution in [0.1, 0.15) is 105 Å². The number of carbonyl (C=O) groups is 1. The number of fused-ring (bicyclic) bond motifs is 5. The molecule has 1 aliphatic heterocycles. The van der Waals surface area contributed by atoms with Crippen LogP contribution in [-0.2, 0) is 33.2 Å². The van der Waals surface area contributed by atoms with Gasteiger partial charge in [0.2, 0.25) is 0 Å². The number of methoxy groups -OCH3 is 3. The Hall–Kier alpha value is -1.03. The summed E-state index contributed by atoms with van der Waals surface area (Å²) in [4.78, 5) is 16.8. The van der Waals surface area contributed by atoms with Crippen LogP contribution in [0.2, 0.25) is 0 Å². The first-order valence-corrected chi connectivity index (χ1v) is 20.6. The highest BCUT2D eigenvalue weighted by Gasteiger charge is 2.55. The Morgan fingerprint density at radius 3 is 2.26 bits per heavy atom. The molecule has 1 saturated heterocycles. The fraction of sp³-hybridized carbons (Fsp3) is 0.927. The number of aliphatic hydroxyl groups excluding tert-OH is 3. The lowest BCUT2D eigenvalue weighted by Crippen LogP contribution is -2.49. The van der Waals surface area contributed by atoms with E-state index in [4.69, 9.17) is 34.2 Å². The van der Waals surface area contributed by atoms with E-state index in [9.17, 15) is 20.1 Å². The molecular formula is C41H74N2O10. The highest BCUT2D eigenvalue weighted by molar-refractivity contribution is 5.98. The van der Waals surface area contributed by atoms with Gasteiger partial charge in [-0.3, -0.25) is 4.79 Å². The largest absolute Gasteiger partial charge is 0.379 e. The van der Waals surface area contributed by atoms with Gasteiger partial charge in [0.1, 0.15) is 12.2 Å². The topological polar surface area (TPSA) is 162 Å². The first kappa shape index (κ1) is 44.7. The molecule has 0 amide bonds. The SMILES string of the molecule is CC[C@H]1CCC[C@H](O[C@H](O)CC[C@@H](CC)N(C)C)[C@@H](C)C(=O)C2=C[C@H]3C4C[C@H](O[C@H](O)C(OC)C(OC)[C@H](CC)OC)C[C@H]4CC(N)[C@H]3[C@@H]2CC(O)O1. The summed E-state index contributed by atoms with van der Waals surface area (Å²) in [5, 5.41) is 33.7. The van der Waals surface area contributed by atoms with Crippen LogP contribution >= 0.6 is 0 Å². The van der Waals surface area contributed by atoms with E-state index in [-0.39, 0.29) is 59.7 Å². The average Bonchev–Trinajstić information content (AvgIpc) is 3.70. The molecule has 2 saturated carbocycles. The van der Waals surface area contributed by atoms with Gasteiger partial charge in [-0.2, -0.15) is 0 Å². The second-order valence-corrected chi connectivity index (χ2v) is 16.6. The van der Waals surface area contributed by atoms with Gasteiger partial charge in [-0.25, -0.2) is 0 Å². The van der Waals surface area contributed by atoms with Crippen molar-refractivity contribution >= 4 is 5.78 Å². The van der Waals surface area contributed by atoms with Gasteiger partial charge in [0.05, 0.1) is 24.4 Å². The fourth-order valence-electron chi connectivity index (χ4n) is 10.4. The van der Waals surface area contributed by atoms with Crippen LogP contribution in [-0.4, -0.2) is 129 Å². The van der Waals surface area contributed by atoms with Gasteiger partial charge in [-0.15, -0.1) is 0 Å². The molecule has 4 rings (SSSR count). The summed E-state index contributed by atoms with van der Waals surface area (Å²) in [5.41, 5.74) is 7.74. The standard InChI is InChI=1S/C41H74N2O10/c1-10-25(43(5)6)16-17-35(44)53-34-15-13-14-26(11-2)51-36(45)22-30-31(38(46)23(34)4)21-29-28-20-27(18-24(28)19-32(42)37(29)30)52-41(47)40(50-9)39(49-8)33(12-3)48-7/h21,23-30,32-37,39-41,44-45,47H,10-20,22,42H2,1-9H3/t23-,24+,25-,26+,27-,28?,29+,30-,32?,33+,34+,35+,36?,37-,39?,40?,41+/m1/s1. The van der Waals surface area contributed by atoms with Gasteiger partial charge in [-0.1, -0.05) is 33.8 Å². The van der Waals surface area contributed by atoms with Gasteiger partial charge < -0.3 is 54.4 Å². The maximum Gasteiger partial charge on any atom is 0.184 e. The third-order valence-electron chi connectivity index (χ3n) is 13.3. The van der Waals surface area contributed by atoms with Gasteiger partial charge in [0, 0.05) is 45.8 Å². The second kappa shape index (κ2) is 20.9. The van der Waals surface area contributed by atoms with Crippen molar-refractivity contribution in [1.29, 1.82) is 0 Å². The molecule has 12 heteroatoms. The molecule has 0 aromatic carbocycles. The molecule has 0 bridgehead atoms. The van der Waals surface area contributed by atoms with E-state index in [1.54, 1.807) is 14.2 Å². The van der Waals surface area contributed by atoms with E-state index >= 15 is 0 Å². The molecule has 0 aromatic heterocycles. The third kappa shape index (κ3) is 10.9. The van der Waals surface area contributed by atoms with Crippen LogP contribution in [0.3, 0.4) is 0 Å². The number of Topliss-reactive ketones (excluding diaryl/α,β-unsaturated/α-hetero) is 1. The second-order valence-electron chi connectivity index (χ2n) is 16.6. The fourth-order valence-corrected chi connectivity index (χ4v) is 10.4. The molecule has 0 radical (unpaired) electrons. The van der Waals surface area contributed by atoms with E-state index in [2.05, 4.69) is 38.9 Å². The molecule has 5 unspecified atom stereocenters. The van der Waals surface area contributed by atoms with Crippen LogP contribution in [0.25, 0.3) is 0 Å².